The van der Waals surface area contributed by atoms with E-state index in [4.69, 9.17) is 9.15 Å². The molecule has 0 unspecified atom stereocenters. The van der Waals surface area contributed by atoms with Gasteiger partial charge < -0.3 is 14.3 Å². The van der Waals surface area contributed by atoms with E-state index >= 15 is 0 Å². The van der Waals surface area contributed by atoms with Gasteiger partial charge in [0.25, 0.3) is 0 Å². The van der Waals surface area contributed by atoms with E-state index in [1.807, 2.05) is 13.8 Å². The number of ether oxygens (including phenoxy) is 1. The van der Waals surface area contributed by atoms with E-state index in [9.17, 15) is 22.7 Å². The van der Waals surface area contributed by atoms with Crippen molar-refractivity contribution in [1.29, 1.82) is 0 Å². The molecule has 0 atom stereocenters. The number of nitrogens with one attached hydrogen (secondary N) is 1. The van der Waals surface area contributed by atoms with Crippen molar-refractivity contribution in [3.05, 3.63) is 53.3 Å². The number of sulfone groups is 1. The van der Waals surface area contributed by atoms with Crippen LogP contribution in [0.4, 0.5) is 4.39 Å². The first-order valence-corrected chi connectivity index (χ1v) is 11.2. The molecule has 0 bridgehead atoms. The van der Waals surface area contributed by atoms with Gasteiger partial charge >= 0.3 is 5.97 Å². The summed E-state index contributed by atoms with van der Waals surface area (Å²) in [7, 11) is -3.21. The van der Waals surface area contributed by atoms with Crippen LogP contribution in [0.3, 0.4) is 0 Å². The van der Waals surface area contributed by atoms with Crippen LogP contribution in [-0.2, 0) is 16.4 Å². The van der Waals surface area contributed by atoms with Crippen LogP contribution in [0.5, 0.6) is 5.75 Å². The SMILES string of the molecule is CC(C)Oc1cc2c(C(=O)O)c(-c3ccc(F)cc3)oc2cc1CNCS(C)(=O)=O. The van der Waals surface area contributed by atoms with Crippen molar-refractivity contribution in [3.8, 4) is 17.1 Å². The maximum absolute atomic E-state index is 13.3. The molecule has 2 aromatic carbocycles. The summed E-state index contributed by atoms with van der Waals surface area (Å²) in [4.78, 5) is 12.0. The molecule has 1 heterocycles. The van der Waals surface area contributed by atoms with E-state index in [1.165, 1.54) is 24.3 Å². The third-order valence-corrected chi connectivity index (χ3v) is 4.96. The predicted octanol–water partition coefficient (Wildman–Crippen LogP) is 3.82. The highest BCUT2D eigenvalue weighted by molar-refractivity contribution is 7.90. The lowest BCUT2D eigenvalue weighted by atomic mass is 10.0. The summed E-state index contributed by atoms with van der Waals surface area (Å²) in [5, 5.41) is 13.0. The summed E-state index contributed by atoms with van der Waals surface area (Å²) >= 11 is 0. The van der Waals surface area contributed by atoms with Crippen molar-refractivity contribution in [2.45, 2.75) is 26.5 Å². The van der Waals surface area contributed by atoms with Crippen LogP contribution in [-0.4, -0.2) is 37.7 Å². The first kappa shape index (κ1) is 21.8. The van der Waals surface area contributed by atoms with Gasteiger partial charge in [0.15, 0.2) is 9.84 Å². The quantitative estimate of drug-likeness (QED) is 0.554. The molecule has 0 fully saturated rings. The molecule has 0 amide bonds. The number of furan rings is 1. The zero-order valence-corrected chi connectivity index (χ0v) is 17.5. The van der Waals surface area contributed by atoms with Crippen LogP contribution in [0.15, 0.2) is 40.8 Å². The molecule has 0 saturated carbocycles. The zero-order valence-electron chi connectivity index (χ0n) is 16.7. The van der Waals surface area contributed by atoms with E-state index in [1.54, 1.807) is 12.1 Å². The van der Waals surface area contributed by atoms with Gasteiger partial charge in [-0.25, -0.2) is 17.6 Å². The van der Waals surface area contributed by atoms with Gasteiger partial charge in [0.05, 0.1) is 12.0 Å². The third kappa shape index (κ3) is 4.98. The number of aromatic carboxylic acids is 1. The smallest absolute Gasteiger partial charge is 0.340 e. The van der Waals surface area contributed by atoms with Crippen molar-refractivity contribution < 1.29 is 31.9 Å². The predicted molar refractivity (Wildman–Crippen MR) is 111 cm³/mol. The number of halogens is 1. The van der Waals surface area contributed by atoms with Gasteiger partial charge in [-0.05, 0) is 50.2 Å². The van der Waals surface area contributed by atoms with Gasteiger partial charge in [-0.15, -0.1) is 0 Å². The number of benzene rings is 2. The zero-order chi connectivity index (χ0) is 22.1. The van der Waals surface area contributed by atoms with Crippen molar-refractivity contribution in [3.63, 3.8) is 0 Å². The Morgan fingerprint density at radius 2 is 1.90 bits per heavy atom. The molecule has 1 aromatic heterocycles. The van der Waals surface area contributed by atoms with Gasteiger partial charge in [0.1, 0.15) is 28.5 Å². The fraction of sp³-hybridized carbons (Fsp3) is 0.286. The monoisotopic (exact) mass is 435 g/mol. The molecule has 9 heteroatoms. The number of hydrogen-bond donors (Lipinski definition) is 2. The molecule has 0 spiro atoms. The Balaban J connectivity index is 2.13. The van der Waals surface area contributed by atoms with E-state index in [-0.39, 0.29) is 29.8 Å². The number of carboxylic acid groups (broad SMARTS) is 1. The molecular weight excluding hydrogens is 413 g/mol. The van der Waals surface area contributed by atoms with E-state index < -0.39 is 21.6 Å². The highest BCUT2D eigenvalue weighted by atomic mass is 32.2. The number of fused-ring (bicyclic) bond motifs is 1. The average molecular weight is 435 g/mol. The standard InChI is InChI=1S/C21H22FNO6S/c1-12(2)28-17-9-16-18(8-14(17)10-23-11-30(3,26)27)29-20(19(16)21(24)25)13-4-6-15(22)7-5-13/h4-9,12,23H,10-11H2,1-3H3,(H,24,25). The largest absolute Gasteiger partial charge is 0.491 e. The Kier molecular flexibility index (Phi) is 6.14. The maximum Gasteiger partial charge on any atom is 0.340 e. The lowest BCUT2D eigenvalue weighted by Crippen LogP contribution is -2.22. The van der Waals surface area contributed by atoms with Gasteiger partial charge in [-0.2, -0.15) is 0 Å². The fourth-order valence-electron chi connectivity index (χ4n) is 3.05. The average Bonchev–Trinajstić information content (AvgIpc) is 2.99. The van der Waals surface area contributed by atoms with E-state index in [0.717, 1.165) is 6.26 Å². The Morgan fingerprint density at radius 1 is 1.23 bits per heavy atom. The molecule has 0 aliphatic heterocycles. The number of carboxylic acids is 1. The van der Waals surface area contributed by atoms with Crippen LogP contribution in [0.1, 0.15) is 29.8 Å². The van der Waals surface area contributed by atoms with Crippen LogP contribution in [0.25, 0.3) is 22.3 Å². The minimum atomic E-state index is -3.21. The number of hydrogen-bond acceptors (Lipinski definition) is 6. The lowest BCUT2D eigenvalue weighted by Gasteiger charge is -2.15. The second-order valence-electron chi connectivity index (χ2n) is 7.24. The first-order valence-electron chi connectivity index (χ1n) is 9.19. The molecule has 0 saturated heterocycles. The highest BCUT2D eigenvalue weighted by Gasteiger charge is 2.24. The Morgan fingerprint density at radius 3 is 2.47 bits per heavy atom. The van der Waals surface area contributed by atoms with Gasteiger partial charge in [0.2, 0.25) is 0 Å². The summed E-state index contributed by atoms with van der Waals surface area (Å²) in [6.45, 7) is 3.84. The van der Waals surface area contributed by atoms with Crippen molar-refractivity contribution >= 4 is 26.8 Å². The van der Waals surface area contributed by atoms with Crippen molar-refractivity contribution in [2.24, 2.45) is 0 Å². The summed E-state index contributed by atoms with van der Waals surface area (Å²) in [5.41, 5.74) is 1.30. The van der Waals surface area contributed by atoms with Gasteiger partial charge in [-0.3, -0.25) is 5.32 Å². The highest BCUT2D eigenvalue weighted by Crippen LogP contribution is 2.37. The van der Waals surface area contributed by atoms with Crippen LogP contribution in [0.2, 0.25) is 0 Å². The molecule has 2 N–H and O–H groups in total. The molecule has 30 heavy (non-hydrogen) atoms. The topological polar surface area (TPSA) is 106 Å². The fourth-order valence-corrected chi connectivity index (χ4v) is 3.53. The summed E-state index contributed by atoms with van der Waals surface area (Å²) in [6, 6.07) is 8.54. The van der Waals surface area contributed by atoms with E-state index in [2.05, 4.69) is 5.32 Å². The minimum absolute atomic E-state index is 0.0548. The summed E-state index contributed by atoms with van der Waals surface area (Å²) in [5.74, 6) is -1.32. The van der Waals surface area contributed by atoms with Crippen LogP contribution < -0.4 is 10.1 Å². The summed E-state index contributed by atoms with van der Waals surface area (Å²) < 4.78 is 47.7. The van der Waals surface area contributed by atoms with Crippen LogP contribution in [0, 0.1) is 5.82 Å². The molecule has 7 nitrogen and oxygen atoms in total. The number of rotatable bonds is 8. The summed E-state index contributed by atoms with van der Waals surface area (Å²) in [6.07, 6.45) is 0.933. The molecule has 0 aliphatic rings. The maximum atomic E-state index is 13.3. The molecule has 0 radical (unpaired) electrons. The molecule has 3 rings (SSSR count). The second kappa shape index (κ2) is 8.45. The normalized spacial score (nSPS) is 11.9. The Labute approximate surface area is 173 Å². The molecular formula is C21H22FNO6S. The minimum Gasteiger partial charge on any atom is -0.491 e. The number of carbonyl (C=O) groups is 1. The second-order valence-corrected chi connectivity index (χ2v) is 9.38. The first-order chi connectivity index (χ1) is 14.0. The Hall–Kier alpha value is -2.91. The molecule has 160 valence electrons. The third-order valence-electron chi connectivity index (χ3n) is 4.23. The van der Waals surface area contributed by atoms with Crippen molar-refractivity contribution in [2.75, 3.05) is 12.1 Å². The molecule has 3 aromatic rings. The van der Waals surface area contributed by atoms with E-state index in [0.29, 0.717) is 27.8 Å². The van der Waals surface area contributed by atoms with Crippen molar-refractivity contribution in [1.82, 2.24) is 5.32 Å². The van der Waals surface area contributed by atoms with Crippen LogP contribution >= 0.6 is 0 Å². The van der Waals surface area contributed by atoms with Gasteiger partial charge in [-0.1, -0.05) is 0 Å². The molecule has 0 aliphatic carbocycles. The Bertz CT molecular complexity index is 1180. The van der Waals surface area contributed by atoms with Gasteiger partial charge in [0, 0.05) is 29.3 Å². The lowest BCUT2D eigenvalue weighted by molar-refractivity contribution is 0.0699.